The molecule has 4 heterocycles. The average molecular weight is 689 g/mol. The van der Waals surface area contributed by atoms with E-state index in [1.165, 1.54) is 15.5 Å². The van der Waals surface area contributed by atoms with Crippen LogP contribution in [0.15, 0.2) is 41.5 Å². The minimum Gasteiger partial charge on any atom is -1.00 e. The van der Waals surface area contributed by atoms with Gasteiger partial charge in [0.05, 0.1) is 43.1 Å². The molecule has 1 unspecified atom stereocenters. The lowest BCUT2D eigenvalue weighted by molar-refractivity contribution is -1.08. The molecule has 4 fully saturated rings. The zero-order chi connectivity index (χ0) is 32.8. The van der Waals surface area contributed by atoms with Gasteiger partial charge < -0.3 is 41.5 Å². The number of hydrogen-bond donors (Lipinski definition) is 2. The van der Waals surface area contributed by atoms with E-state index >= 15 is 0 Å². The van der Waals surface area contributed by atoms with Crippen LogP contribution in [-0.2, 0) is 26.2 Å². The molecule has 3 saturated heterocycles. The number of rotatable bonds is 10. The molecular formula is C34H45ClN4O7S. The molecule has 13 heteroatoms. The molecule has 5 atom stereocenters. The zero-order valence-electron chi connectivity index (χ0n) is 27.3. The number of halogens is 1. The summed E-state index contributed by atoms with van der Waals surface area (Å²) in [6.07, 6.45) is 0.772. The number of benzene rings is 2. The van der Waals surface area contributed by atoms with E-state index in [-0.39, 0.29) is 36.9 Å². The molecule has 2 N–H and O–H groups in total. The SMILES string of the molecule is C[C@@H](O)[C@H]1C(=O)C2C(C(=O)[O-])=C(CN3c4cccc5cc(CC[N+]67CC[N+](CCCO)(CC6)CC7)cc(c45)N(C)S3(=O)=O)[C@H](C)[C@@H]21.[Cl-]. The van der Waals surface area contributed by atoms with Crippen LogP contribution in [0.2, 0.25) is 0 Å². The van der Waals surface area contributed by atoms with E-state index < -0.39 is 46.0 Å². The largest absolute Gasteiger partial charge is 1.00 e. The van der Waals surface area contributed by atoms with Gasteiger partial charge in [-0.1, -0.05) is 25.1 Å². The monoisotopic (exact) mass is 688 g/mol. The third kappa shape index (κ3) is 5.18. The Bertz CT molecular complexity index is 1740. The van der Waals surface area contributed by atoms with E-state index in [1.807, 2.05) is 25.1 Å². The highest BCUT2D eigenvalue weighted by atomic mass is 35.5. The Hall–Kier alpha value is -2.74. The number of anilines is 2. The number of ketones is 1. The predicted octanol–water partition coefficient (Wildman–Crippen LogP) is -2.56. The van der Waals surface area contributed by atoms with Crippen molar-refractivity contribution >= 4 is 44.1 Å². The molecule has 2 aliphatic carbocycles. The number of aliphatic hydroxyl groups excluding tert-OH is 2. The van der Waals surface area contributed by atoms with E-state index in [2.05, 4.69) is 6.07 Å². The highest BCUT2D eigenvalue weighted by Gasteiger charge is 2.60. The molecule has 1 saturated carbocycles. The lowest BCUT2D eigenvalue weighted by atomic mass is 9.59. The van der Waals surface area contributed by atoms with E-state index in [1.54, 1.807) is 13.1 Å². The summed E-state index contributed by atoms with van der Waals surface area (Å²) in [6, 6.07) is 9.73. The maximum atomic E-state index is 14.2. The second-order valence-corrected chi connectivity index (χ2v) is 16.4. The highest BCUT2D eigenvalue weighted by molar-refractivity contribution is 7.94. The Morgan fingerprint density at radius 2 is 1.70 bits per heavy atom. The van der Waals surface area contributed by atoms with Gasteiger partial charge in [-0.3, -0.25) is 9.10 Å². The number of aliphatic carboxylic acids is 1. The Kier molecular flexibility index (Phi) is 8.71. The molecule has 4 aliphatic heterocycles. The van der Waals surface area contributed by atoms with Gasteiger partial charge in [0.1, 0.15) is 45.1 Å². The lowest BCUT2D eigenvalue weighted by Gasteiger charge is -2.55. The molecule has 2 bridgehead atoms. The van der Waals surface area contributed by atoms with Gasteiger partial charge in [-0.05, 0) is 53.0 Å². The van der Waals surface area contributed by atoms with Crippen LogP contribution in [-0.4, -0.2) is 118 Å². The van der Waals surface area contributed by atoms with E-state index in [0.29, 0.717) is 16.9 Å². The maximum absolute atomic E-state index is 14.2. The van der Waals surface area contributed by atoms with Gasteiger partial charge in [-0.2, -0.15) is 8.42 Å². The number of carboxylic acid groups (broad SMARTS) is 1. The summed E-state index contributed by atoms with van der Waals surface area (Å²) in [7, 11) is -2.55. The van der Waals surface area contributed by atoms with Gasteiger partial charge in [-0.15, -0.1) is 0 Å². The second kappa shape index (κ2) is 12.0. The molecule has 256 valence electrons. The first kappa shape index (κ1) is 34.1. The summed E-state index contributed by atoms with van der Waals surface area (Å²) < 4.78 is 33.1. The number of aliphatic hydroxyl groups is 2. The minimum absolute atomic E-state index is 0. The van der Waals surface area contributed by atoms with Crippen molar-refractivity contribution in [2.45, 2.75) is 32.8 Å². The normalized spacial score (nSPS) is 32.7. The van der Waals surface area contributed by atoms with Crippen LogP contribution >= 0.6 is 0 Å². The van der Waals surface area contributed by atoms with Gasteiger partial charge in [-0.25, -0.2) is 4.31 Å². The minimum atomic E-state index is -4.10. The quantitative estimate of drug-likeness (QED) is 0.262. The fourth-order valence-corrected chi connectivity index (χ4v) is 10.9. The van der Waals surface area contributed by atoms with Crippen LogP contribution in [0.1, 0.15) is 25.8 Å². The number of quaternary nitrogens is 2. The van der Waals surface area contributed by atoms with Crippen LogP contribution in [0, 0.1) is 23.7 Å². The number of Topliss-reactive ketones (excluding diaryl/α,β-unsaturated/α-hetero) is 1. The number of piperazine rings is 3. The molecular weight excluding hydrogens is 644 g/mol. The van der Waals surface area contributed by atoms with Crippen LogP contribution in [0.3, 0.4) is 0 Å². The van der Waals surface area contributed by atoms with Crippen molar-refractivity contribution in [2.24, 2.45) is 23.7 Å². The van der Waals surface area contributed by atoms with Crippen molar-refractivity contribution in [1.82, 2.24) is 0 Å². The smallest absolute Gasteiger partial charge is 0.326 e. The predicted molar refractivity (Wildman–Crippen MR) is 172 cm³/mol. The molecule has 47 heavy (non-hydrogen) atoms. The first-order valence-electron chi connectivity index (χ1n) is 16.6. The van der Waals surface area contributed by atoms with Crippen LogP contribution < -0.4 is 26.1 Å². The molecule has 2 aromatic rings. The fraction of sp³-hybridized carbons (Fsp3) is 0.588. The van der Waals surface area contributed by atoms with Crippen molar-refractivity contribution in [3.8, 4) is 0 Å². The first-order chi connectivity index (χ1) is 21.8. The molecule has 0 amide bonds. The number of carbonyl (C=O) groups is 2. The lowest BCUT2D eigenvalue weighted by Crippen LogP contribution is -3.00. The summed E-state index contributed by atoms with van der Waals surface area (Å²) in [5.41, 5.74) is 2.42. The van der Waals surface area contributed by atoms with Crippen molar-refractivity contribution in [1.29, 1.82) is 0 Å². The van der Waals surface area contributed by atoms with E-state index in [4.69, 9.17) is 0 Å². The van der Waals surface area contributed by atoms with Crippen LogP contribution in [0.5, 0.6) is 0 Å². The summed E-state index contributed by atoms with van der Waals surface area (Å²) in [5, 5.41) is 33.7. The third-order valence-electron chi connectivity index (χ3n) is 12.3. The van der Waals surface area contributed by atoms with Crippen molar-refractivity contribution in [2.75, 3.05) is 81.2 Å². The average Bonchev–Trinajstić information content (AvgIpc) is 3.28. The highest BCUT2D eigenvalue weighted by Crippen LogP contribution is 2.56. The number of fused-ring (bicyclic) bond motifs is 4. The van der Waals surface area contributed by atoms with Gasteiger partial charge in [0.15, 0.2) is 0 Å². The molecule has 6 aliphatic rings. The van der Waals surface area contributed by atoms with Crippen LogP contribution in [0.4, 0.5) is 11.4 Å². The van der Waals surface area contributed by atoms with Crippen molar-refractivity contribution < 1.29 is 54.7 Å². The molecule has 0 aromatic heterocycles. The molecule has 11 nitrogen and oxygen atoms in total. The maximum Gasteiger partial charge on any atom is 0.326 e. The number of nitrogens with zero attached hydrogens (tertiary/aromatic N) is 4. The topological polar surface area (TPSA) is 138 Å². The Morgan fingerprint density at radius 1 is 1.06 bits per heavy atom. The van der Waals surface area contributed by atoms with Gasteiger partial charge >= 0.3 is 10.2 Å². The molecule has 0 spiro atoms. The van der Waals surface area contributed by atoms with Crippen molar-refractivity contribution in [3.63, 3.8) is 0 Å². The Labute approximate surface area is 282 Å². The number of carboxylic acids is 1. The molecule has 0 radical (unpaired) electrons. The summed E-state index contributed by atoms with van der Waals surface area (Å²) in [5.74, 6) is -4.14. The van der Waals surface area contributed by atoms with Gasteiger partial charge in [0.25, 0.3) is 0 Å². The van der Waals surface area contributed by atoms with Crippen LogP contribution in [0.25, 0.3) is 10.8 Å². The van der Waals surface area contributed by atoms with E-state index in [9.17, 15) is 33.3 Å². The second-order valence-electron chi connectivity index (χ2n) is 14.5. The summed E-state index contributed by atoms with van der Waals surface area (Å²) in [4.78, 5) is 25.3. The summed E-state index contributed by atoms with van der Waals surface area (Å²) >= 11 is 0. The standard InChI is InChI=1S/C34H45N4O7S.ClH/c1-21-25(31(34(42)43)32-28(21)29(22(2)40)33(32)41)20-36-26-7-4-6-24-18-23(19-27(30(24)26)35(3)46(36,44)45)8-10-38-14-11-37(12-15-38,13-16-38)9-5-17-39;/h4,6-7,18-19,21-22,28-29,32,39-40H,5,8-17,20H2,1-3H3;1H/q+1;/p-1/t21-,22+,28+,29+,32?,37?,38?;/m0./s1. The first-order valence-corrected chi connectivity index (χ1v) is 18.0. The number of carbonyl (C=O) groups excluding carboxylic acids is 2. The Balaban J connectivity index is 0.00000386. The van der Waals surface area contributed by atoms with Crippen molar-refractivity contribution in [3.05, 3.63) is 47.0 Å². The zero-order valence-corrected chi connectivity index (χ0v) is 28.8. The third-order valence-corrected chi connectivity index (χ3v) is 14.1. The van der Waals surface area contributed by atoms with Gasteiger partial charge in [0.2, 0.25) is 0 Å². The number of hydrogen-bond acceptors (Lipinski definition) is 7. The summed E-state index contributed by atoms with van der Waals surface area (Å²) in [6.45, 7) is 12.3. The molecule has 8 rings (SSSR count). The van der Waals surface area contributed by atoms with Gasteiger partial charge in [0, 0.05) is 43.7 Å². The molecule has 2 aromatic carbocycles. The van der Waals surface area contributed by atoms with E-state index in [0.717, 1.165) is 90.5 Å². The Morgan fingerprint density at radius 3 is 2.30 bits per heavy atom. The fourth-order valence-electron chi connectivity index (χ4n) is 9.48.